The average Bonchev–Trinajstić information content (AvgIpc) is 2.77. The quantitative estimate of drug-likeness (QED) is 0.403. The van der Waals surface area contributed by atoms with E-state index >= 15 is 0 Å². The zero-order chi connectivity index (χ0) is 15.6. The molecule has 1 heterocycles. The van der Waals surface area contributed by atoms with Gasteiger partial charge in [0.1, 0.15) is 11.2 Å². The molecular weight excluding hydrogens is 276 g/mol. The molecule has 0 atom stereocenters. The van der Waals surface area contributed by atoms with Gasteiger partial charge in [-0.2, -0.15) is 4.99 Å². The lowest BCUT2D eigenvalue weighted by atomic mass is 10.2. The van der Waals surface area contributed by atoms with Crippen molar-refractivity contribution in [1.29, 1.82) is 0 Å². The molecule has 0 unspecified atom stereocenters. The molecule has 9 heteroatoms. The largest absolute Gasteiger partial charge is 0.465 e. The van der Waals surface area contributed by atoms with Crippen molar-refractivity contribution < 1.29 is 13.9 Å². The van der Waals surface area contributed by atoms with Crippen LogP contribution in [-0.4, -0.2) is 30.0 Å². The van der Waals surface area contributed by atoms with E-state index in [1.54, 1.807) is 6.92 Å². The highest BCUT2D eigenvalue weighted by Crippen LogP contribution is 2.29. The third-order valence-corrected chi connectivity index (χ3v) is 2.48. The second kappa shape index (κ2) is 5.49. The van der Waals surface area contributed by atoms with Gasteiger partial charge in [0.25, 0.3) is 0 Å². The lowest BCUT2D eigenvalue weighted by Crippen LogP contribution is -2.26. The topological polar surface area (TPSA) is 155 Å². The Morgan fingerprint density at radius 1 is 1.33 bits per heavy atom. The monoisotopic (exact) mass is 290 g/mol. The van der Waals surface area contributed by atoms with Crippen molar-refractivity contribution in [3.63, 3.8) is 0 Å². The summed E-state index contributed by atoms with van der Waals surface area (Å²) in [4.78, 5) is 23.4. The number of benzene rings is 1. The van der Waals surface area contributed by atoms with E-state index in [0.29, 0.717) is 17.0 Å². The van der Waals surface area contributed by atoms with Crippen molar-refractivity contribution in [2.24, 2.45) is 27.2 Å². The number of rotatable bonds is 2. The van der Waals surface area contributed by atoms with Crippen molar-refractivity contribution >= 4 is 34.7 Å². The first-order valence-electron chi connectivity index (χ1n) is 5.84. The number of hydrogen-bond acceptors (Lipinski definition) is 5. The Balaban J connectivity index is 2.65. The van der Waals surface area contributed by atoms with Crippen LogP contribution in [0.1, 0.15) is 16.2 Å². The number of ether oxygens (including phenoxy) is 1. The number of aromatic nitrogens is 1. The van der Waals surface area contributed by atoms with Gasteiger partial charge in [0.05, 0.1) is 12.7 Å². The first-order chi connectivity index (χ1) is 9.90. The summed E-state index contributed by atoms with van der Waals surface area (Å²) in [7, 11) is 1.28. The smallest absolute Gasteiger partial charge is 0.338 e. The molecule has 21 heavy (non-hydrogen) atoms. The highest BCUT2D eigenvalue weighted by Gasteiger charge is 2.15. The van der Waals surface area contributed by atoms with Gasteiger partial charge in [0.15, 0.2) is 17.4 Å². The molecule has 9 nitrogen and oxygen atoms in total. The standard InChI is InChI=1S/C12H14N6O3/c1-5-16-7-3-6(10(19)20-2)4-8(9(7)21-5)17-12(15)18-11(13)14/h3-4H,1-2H3,(H6,13,14,15,17,18). The van der Waals surface area contributed by atoms with Gasteiger partial charge in [-0.1, -0.05) is 0 Å². The number of hydrogen-bond donors (Lipinski definition) is 3. The van der Waals surface area contributed by atoms with E-state index in [2.05, 4.69) is 19.7 Å². The Morgan fingerprint density at radius 3 is 2.67 bits per heavy atom. The molecule has 0 radical (unpaired) electrons. The number of nitrogens with zero attached hydrogens (tertiary/aromatic N) is 3. The molecule has 1 aromatic carbocycles. The molecule has 6 N–H and O–H groups in total. The molecule has 0 bridgehead atoms. The highest BCUT2D eigenvalue weighted by molar-refractivity contribution is 6.00. The van der Waals surface area contributed by atoms with Crippen LogP contribution in [0.2, 0.25) is 0 Å². The summed E-state index contributed by atoms with van der Waals surface area (Å²) in [5.41, 5.74) is 17.4. The number of esters is 1. The van der Waals surface area contributed by atoms with E-state index in [4.69, 9.17) is 21.6 Å². The van der Waals surface area contributed by atoms with Crippen molar-refractivity contribution in [2.75, 3.05) is 7.11 Å². The van der Waals surface area contributed by atoms with E-state index in [1.165, 1.54) is 19.2 Å². The van der Waals surface area contributed by atoms with Gasteiger partial charge in [0, 0.05) is 6.92 Å². The molecule has 0 amide bonds. The van der Waals surface area contributed by atoms with Gasteiger partial charge < -0.3 is 26.4 Å². The number of aryl methyl sites for hydroxylation is 1. The lowest BCUT2D eigenvalue weighted by molar-refractivity contribution is 0.0601. The Morgan fingerprint density at radius 2 is 2.05 bits per heavy atom. The van der Waals surface area contributed by atoms with Crippen molar-refractivity contribution in [2.45, 2.75) is 6.92 Å². The van der Waals surface area contributed by atoms with Crippen molar-refractivity contribution in [1.82, 2.24) is 4.98 Å². The van der Waals surface area contributed by atoms with Crippen LogP contribution in [0.15, 0.2) is 26.5 Å². The van der Waals surface area contributed by atoms with Gasteiger partial charge in [-0.25, -0.2) is 14.8 Å². The van der Waals surface area contributed by atoms with Crippen LogP contribution in [0.25, 0.3) is 11.1 Å². The van der Waals surface area contributed by atoms with Gasteiger partial charge in [0.2, 0.25) is 5.96 Å². The lowest BCUT2D eigenvalue weighted by Gasteiger charge is -2.02. The van der Waals surface area contributed by atoms with E-state index in [1.807, 2.05) is 0 Å². The minimum absolute atomic E-state index is 0.174. The normalized spacial score (nSPS) is 11.4. The molecule has 1 aromatic heterocycles. The van der Waals surface area contributed by atoms with Gasteiger partial charge in [-0.05, 0) is 12.1 Å². The fraction of sp³-hybridized carbons (Fsp3) is 0.167. The van der Waals surface area contributed by atoms with Gasteiger partial charge in [-0.15, -0.1) is 0 Å². The molecule has 0 spiro atoms. The Bertz CT molecular complexity index is 758. The number of fused-ring (bicyclic) bond motifs is 1. The number of carbonyl (C=O) groups excluding carboxylic acids is 1. The van der Waals surface area contributed by atoms with Gasteiger partial charge >= 0.3 is 5.97 Å². The SMILES string of the molecule is COC(=O)c1cc(N=C(N)N=C(N)N)c2oc(C)nc2c1. The summed E-state index contributed by atoms with van der Waals surface area (Å²) >= 11 is 0. The van der Waals surface area contributed by atoms with Crippen LogP contribution in [0.4, 0.5) is 5.69 Å². The second-order valence-corrected chi connectivity index (χ2v) is 4.07. The summed E-state index contributed by atoms with van der Waals surface area (Å²) < 4.78 is 10.1. The molecule has 0 saturated heterocycles. The van der Waals surface area contributed by atoms with Crippen LogP contribution in [0.5, 0.6) is 0 Å². The van der Waals surface area contributed by atoms with Gasteiger partial charge in [-0.3, -0.25) is 0 Å². The predicted molar refractivity (Wildman–Crippen MR) is 77.2 cm³/mol. The highest BCUT2D eigenvalue weighted by atomic mass is 16.5. The van der Waals surface area contributed by atoms with Crippen LogP contribution in [-0.2, 0) is 4.74 Å². The fourth-order valence-corrected chi connectivity index (χ4v) is 1.73. The Hall–Kier alpha value is -3.10. The maximum absolute atomic E-state index is 11.7. The predicted octanol–water partition coefficient (Wildman–Crippen LogP) is 0.142. The Kier molecular flexibility index (Phi) is 3.74. The fourth-order valence-electron chi connectivity index (χ4n) is 1.73. The van der Waals surface area contributed by atoms with Crippen LogP contribution >= 0.6 is 0 Å². The molecule has 110 valence electrons. The van der Waals surface area contributed by atoms with E-state index in [-0.39, 0.29) is 23.2 Å². The average molecular weight is 290 g/mol. The molecule has 0 aliphatic rings. The number of nitrogens with two attached hydrogens (primary N) is 3. The molecule has 2 aromatic rings. The maximum Gasteiger partial charge on any atom is 0.338 e. The summed E-state index contributed by atoms with van der Waals surface area (Å²) in [6.45, 7) is 1.67. The number of guanidine groups is 2. The second-order valence-electron chi connectivity index (χ2n) is 4.07. The van der Waals surface area contributed by atoms with Crippen molar-refractivity contribution in [3.05, 3.63) is 23.6 Å². The minimum Gasteiger partial charge on any atom is -0.465 e. The summed E-state index contributed by atoms with van der Waals surface area (Å²) in [6, 6.07) is 2.99. The first-order valence-corrected chi connectivity index (χ1v) is 5.84. The minimum atomic E-state index is -0.533. The molecule has 2 rings (SSSR count). The molecule has 0 aliphatic heterocycles. The van der Waals surface area contributed by atoms with E-state index in [0.717, 1.165) is 0 Å². The number of aliphatic imine (C=N–C) groups is 2. The number of oxazole rings is 1. The van der Waals surface area contributed by atoms with Crippen LogP contribution in [0, 0.1) is 6.92 Å². The zero-order valence-electron chi connectivity index (χ0n) is 11.5. The molecule has 0 aliphatic carbocycles. The maximum atomic E-state index is 11.7. The molecule has 0 saturated carbocycles. The summed E-state index contributed by atoms with van der Waals surface area (Å²) in [5, 5.41) is 0. The summed E-state index contributed by atoms with van der Waals surface area (Å²) in [5.74, 6) is -0.518. The van der Waals surface area contributed by atoms with Crippen LogP contribution < -0.4 is 17.2 Å². The number of methoxy groups -OCH3 is 1. The third kappa shape index (κ3) is 3.08. The number of carbonyl (C=O) groups is 1. The zero-order valence-corrected chi connectivity index (χ0v) is 11.5. The summed E-state index contributed by atoms with van der Waals surface area (Å²) in [6.07, 6.45) is 0. The molecule has 0 fully saturated rings. The third-order valence-electron chi connectivity index (χ3n) is 2.48. The van der Waals surface area contributed by atoms with Crippen LogP contribution in [0.3, 0.4) is 0 Å². The van der Waals surface area contributed by atoms with E-state index in [9.17, 15) is 4.79 Å². The van der Waals surface area contributed by atoms with E-state index < -0.39 is 5.97 Å². The Labute approximate surface area is 119 Å². The molecular formula is C12H14N6O3. The first kappa shape index (κ1) is 14.3. The van der Waals surface area contributed by atoms with Crippen molar-refractivity contribution in [3.8, 4) is 0 Å².